The van der Waals surface area contributed by atoms with E-state index in [0.717, 1.165) is 25.7 Å². The maximum Gasteiger partial charge on any atom is 0.338 e. The Morgan fingerprint density at radius 2 is 1.62 bits per heavy atom. The van der Waals surface area contributed by atoms with Gasteiger partial charge in [0, 0.05) is 0 Å². The van der Waals surface area contributed by atoms with Crippen LogP contribution in [0.1, 0.15) is 54.6 Å². The molecule has 154 valence electrons. The second kappa shape index (κ2) is 8.19. The summed E-state index contributed by atoms with van der Waals surface area (Å²) >= 11 is 0. The molecular weight excluding hydrogens is 382 g/mol. The van der Waals surface area contributed by atoms with E-state index in [9.17, 15) is 23.5 Å². The zero-order valence-electron chi connectivity index (χ0n) is 15.9. The molecule has 0 heterocycles. The fourth-order valence-electron chi connectivity index (χ4n) is 3.43. The predicted octanol–water partition coefficient (Wildman–Crippen LogP) is 3.68. The van der Waals surface area contributed by atoms with E-state index < -0.39 is 24.0 Å². The molecule has 0 aromatic heterocycles. The van der Waals surface area contributed by atoms with Gasteiger partial charge in [-0.2, -0.15) is 8.78 Å². The number of hydrogen-bond acceptors (Lipinski definition) is 5. The highest BCUT2D eigenvalue weighted by molar-refractivity contribution is 5.90. The van der Waals surface area contributed by atoms with Gasteiger partial charge >= 0.3 is 11.9 Å². The number of ether oxygens (including phenoxy) is 2. The van der Waals surface area contributed by atoms with Crippen molar-refractivity contribution in [3.63, 3.8) is 0 Å². The summed E-state index contributed by atoms with van der Waals surface area (Å²) in [5, 5.41) is 10.9. The molecule has 0 amide bonds. The summed E-state index contributed by atoms with van der Waals surface area (Å²) < 4.78 is 39.2. The average Bonchev–Trinajstić information content (AvgIpc) is 3.12. The molecule has 0 saturated heterocycles. The molecule has 1 aliphatic rings. The van der Waals surface area contributed by atoms with Gasteiger partial charge in [0.1, 0.15) is 17.3 Å². The smallest absolute Gasteiger partial charge is 0.338 e. The van der Waals surface area contributed by atoms with E-state index in [0.29, 0.717) is 5.75 Å². The third kappa shape index (κ3) is 4.72. The van der Waals surface area contributed by atoms with E-state index in [-0.39, 0.29) is 16.7 Å². The number of alkyl halides is 2. The molecule has 0 bridgehead atoms. The summed E-state index contributed by atoms with van der Waals surface area (Å²) in [7, 11) is 0. The zero-order chi connectivity index (χ0) is 21.1. The van der Waals surface area contributed by atoms with Crippen LogP contribution in [-0.4, -0.2) is 23.5 Å². The number of carbonyl (C=O) groups excluding carboxylic acids is 2. The Kier molecular flexibility index (Phi) is 5.86. The van der Waals surface area contributed by atoms with Crippen LogP contribution >= 0.6 is 0 Å². The first-order chi connectivity index (χ1) is 13.7. The molecule has 1 aliphatic carbocycles. The molecule has 5 nitrogen and oxygen atoms in total. The first kappa shape index (κ1) is 20.8. The van der Waals surface area contributed by atoms with Crippen molar-refractivity contribution in [2.75, 3.05) is 0 Å². The molecule has 2 aromatic rings. The fraction of sp³-hybridized carbons (Fsp3) is 0.364. The highest BCUT2D eigenvalue weighted by atomic mass is 19.3. The van der Waals surface area contributed by atoms with Crippen molar-refractivity contribution in [1.82, 2.24) is 0 Å². The topological polar surface area (TPSA) is 75.7 Å². The Morgan fingerprint density at radius 3 is 2.17 bits per heavy atom. The second-order valence-corrected chi connectivity index (χ2v) is 7.39. The van der Waals surface area contributed by atoms with Gasteiger partial charge in [-0.25, -0.2) is 4.79 Å². The molecule has 0 aliphatic heterocycles. The molecule has 0 N–H and O–H groups in total. The first-order valence-corrected chi connectivity index (χ1v) is 9.35. The van der Waals surface area contributed by atoms with Crippen LogP contribution in [-0.2, 0) is 9.53 Å². The summed E-state index contributed by atoms with van der Waals surface area (Å²) in [4.78, 5) is 23.3. The highest BCUT2D eigenvalue weighted by Gasteiger charge is 2.45. The maximum atomic E-state index is 14.1. The Bertz CT molecular complexity index is 859. The number of esters is 1. The van der Waals surface area contributed by atoms with Gasteiger partial charge in [0.15, 0.2) is 6.10 Å². The number of benzene rings is 2. The van der Waals surface area contributed by atoms with Crippen molar-refractivity contribution >= 4 is 11.9 Å². The molecule has 1 atom stereocenters. The first-order valence-electron chi connectivity index (χ1n) is 9.35. The van der Waals surface area contributed by atoms with E-state index in [1.54, 1.807) is 18.2 Å². The van der Waals surface area contributed by atoms with Gasteiger partial charge < -0.3 is 19.4 Å². The lowest BCUT2D eigenvalue weighted by molar-refractivity contribution is -0.336. The summed E-state index contributed by atoms with van der Waals surface area (Å²) in [6.07, 6.45) is 1.75. The Hall–Kier alpha value is -2.96. The van der Waals surface area contributed by atoms with Crippen LogP contribution in [0.4, 0.5) is 8.78 Å². The van der Waals surface area contributed by atoms with E-state index in [4.69, 9.17) is 9.47 Å². The minimum Gasteiger partial charge on any atom is -0.544 e. The molecule has 1 fully saturated rings. The number of hydrogen-bond donors (Lipinski definition) is 0. The van der Waals surface area contributed by atoms with Gasteiger partial charge in [0.05, 0.1) is 5.56 Å². The number of carbonyl (C=O) groups is 2. The number of halogens is 2. The van der Waals surface area contributed by atoms with Gasteiger partial charge in [0.2, 0.25) is 0 Å². The molecular formula is C22H21F2O5-. The quantitative estimate of drug-likeness (QED) is 0.659. The summed E-state index contributed by atoms with van der Waals surface area (Å²) in [5.41, 5.74) is -0.398. The van der Waals surface area contributed by atoms with E-state index in [2.05, 4.69) is 0 Å². The zero-order valence-corrected chi connectivity index (χ0v) is 15.9. The third-order valence-corrected chi connectivity index (χ3v) is 5.04. The molecule has 0 spiro atoms. The number of carboxylic acid groups (broad SMARTS) is 1. The van der Waals surface area contributed by atoms with Gasteiger partial charge in [-0.15, -0.1) is 0 Å². The van der Waals surface area contributed by atoms with Crippen molar-refractivity contribution in [2.24, 2.45) is 0 Å². The van der Waals surface area contributed by atoms with Gasteiger partial charge in [-0.3, -0.25) is 0 Å². The predicted molar refractivity (Wildman–Crippen MR) is 98.5 cm³/mol. The van der Waals surface area contributed by atoms with Gasteiger partial charge in [-0.1, -0.05) is 30.3 Å². The van der Waals surface area contributed by atoms with Gasteiger partial charge in [-0.05, 0) is 62.4 Å². The fourth-order valence-corrected chi connectivity index (χ4v) is 3.43. The van der Waals surface area contributed by atoms with Crippen molar-refractivity contribution in [2.45, 2.75) is 50.2 Å². The van der Waals surface area contributed by atoms with Crippen molar-refractivity contribution in [1.29, 1.82) is 0 Å². The lowest BCUT2D eigenvalue weighted by Crippen LogP contribution is -2.47. The van der Waals surface area contributed by atoms with E-state index in [1.165, 1.54) is 36.4 Å². The standard InChI is InChI=1S/C22H22F2O5/c1-21(13-5-6-14-21)29-17-11-9-16(10-12-17)19(25)28-18(22(23,24)20(26)27)15-7-3-2-4-8-15/h2-4,7-12,18H,5-6,13-14H2,1H3,(H,26,27)/p-1. The van der Waals surface area contributed by atoms with Crippen LogP contribution < -0.4 is 9.84 Å². The largest absolute Gasteiger partial charge is 0.544 e. The van der Waals surface area contributed by atoms with Gasteiger partial charge in [0.25, 0.3) is 0 Å². The number of rotatable bonds is 7. The molecule has 0 radical (unpaired) electrons. The summed E-state index contributed by atoms with van der Waals surface area (Å²) in [6, 6.07) is 12.9. The molecule has 3 rings (SSSR count). The molecule has 2 aromatic carbocycles. The minimum absolute atomic E-state index is 0.00371. The van der Waals surface area contributed by atoms with Crippen LogP contribution in [0.15, 0.2) is 54.6 Å². The van der Waals surface area contributed by atoms with Crippen LogP contribution in [0.2, 0.25) is 0 Å². The molecule has 1 saturated carbocycles. The average molecular weight is 403 g/mol. The lowest BCUT2D eigenvalue weighted by Gasteiger charge is -2.28. The van der Waals surface area contributed by atoms with Crippen LogP contribution in [0.5, 0.6) is 5.75 Å². The van der Waals surface area contributed by atoms with E-state index in [1.807, 2.05) is 6.92 Å². The monoisotopic (exact) mass is 403 g/mol. The molecule has 29 heavy (non-hydrogen) atoms. The SMILES string of the molecule is CC1(Oc2ccc(C(=O)OC(c3ccccc3)C(F)(F)C(=O)[O-])cc2)CCCC1. The minimum atomic E-state index is -4.39. The Labute approximate surface area is 167 Å². The van der Waals surface area contributed by atoms with Crippen molar-refractivity contribution < 1.29 is 33.0 Å². The number of aliphatic carboxylic acids is 1. The molecule has 7 heteroatoms. The Balaban J connectivity index is 1.76. The van der Waals surface area contributed by atoms with Crippen LogP contribution in [0, 0.1) is 0 Å². The lowest BCUT2D eigenvalue weighted by atomic mass is 10.0. The maximum absolute atomic E-state index is 14.1. The normalized spacial score (nSPS) is 16.8. The third-order valence-electron chi connectivity index (χ3n) is 5.04. The number of carboxylic acids is 1. The van der Waals surface area contributed by atoms with Crippen molar-refractivity contribution in [3.05, 3.63) is 65.7 Å². The van der Waals surface area contributed by atoms with Crippen LogP contribution in [0.25, 0.3) is 0 Å². The highest BCUT2D eigenvalue weighted by Crippen LogP contribution is 2.36. The van der Waals surface area contributed by atoms with E-state index >= 15 is 0 Å². The molecule has 1 unspecified atom stereocenters. The van der Waals surface area contributed by atoms with Crippen LogP contribution in [0.3, 0.4) is 0 Å². The van der Waals surface area contributed by atoms with Crippen molar-refractivity contribution in [3.8, 4) is 5.75 Å². The Morgan fingerprint density at radius 1 is 1.03 bits per heavy atom. The summed E-state index contributed by atoms with van der Waals surface area (Å²) in [5.74, 6) is -7.52. The second-order valence-electron chi connectivity index (χ2n) is 7.39. The summed E-state index contributed by atoms with van der Waals surface area (Å²) in [6.45, 7) is 2.02.